The summed E-state index contributed by atoms with van der Waals surface area (Å²) in [6.45, 7) is 2.29. The number of rotatable bonds is 0. The van der Waals surface area contributed by atoms with E-state index in [1.807, 2.05) is 0 Å². The Balaban J connectivity index is 2.53. The van der Waals surface area contributed by atoms with E-state index < -0.39 is 5.60 Å². The maximum atomic E-state index is 11.3. The smallest absolute Gasteiger partial charge is 0.251 e. The first-order valence-electron chi connectivity index (χ1n) is 4.63. The zero-order valence-corrected chi connectivity index (χ0v) is 7.60. The molecule has 0 spiro atoms. The number of amides is 1. The van der Waals surface area contributed by atoms with Gasteiger partial charge in [0.2, 0.25) is 0 Å². The van der Waals surface area contributed by atoms with Gasteiger partial charge in [-0.15, -0.1) is 0 Å². The first-order valence-corrected chi connectivity index (χ1v) is 4.63. The maximum absolute atomic E-state index is 11.3. The Bertz CT molecular complexity index is 166. The zero-order chi connectivity index (χ0) is 9.03. The summed E-state index contributed by atoms with van der Waals surface area (Å²) in [6, 6.07) is 0. The van der Waals surface area contributed by atoms with Gasteiger partial charge in [-0.2, -0.15) is 0 Å². The lowest BCUT2D eigenvalue weighted by Gasteiger charge is -2.20. The highest BCUT2D eigenvalue weighted by atomic mass is 16.3. The number of carbonyl (C=O) groups is 1. The Morgan fingerprint density at radius 1 is 1.33 bits per heavy atom. The second-order valence-electron chi connectivity index (χ2n) is 3.69. The van der Waals surface area contributed by atoms with E-state index in [1.165, 1.54) is 0 Å². The van der Waals surface area contributed by atoms with Gasteiger partial charge in [0, 0.05) is 6.54 Å². The van der Waals surface area contributed by atoms with Crippen molar-refractivity contribution in [3.05, 3.63) is 0 Å². The minimum absolute atomic E-state index is 0.218. The fourth-order valence-corrected chi connectivity index (χ4v) is 1.45. The van der Waals surface area contributed by atoms with E-state index in [-0.39, 0.29) is 5.91 Å². The molecule has 70 valence electrons. The van der Waals surface area contributed by atoms with E-state index in [9.17, 15) is 9.90 Å². The predicted octanol–water partition coefficient (Wildman–Crippen LogP) is 0.818. The monoisotopic (exact) mass is 171 g/mol. The molecular weight excluding hydrogens is 154 g/mol. The molecule has 0 radical (unpaired) electrons. The number of carbonyl (C=O) groups excluding carboxylic acids is 1. The Morgan fingerprint density at radius 3 is 2.75 bits per heavy atom. The molecule has 1 amide bonds. The van der Waals surface area contributed by atoms with Crippen LogP contribution in [0.5, 0.6) is 0 Å². The average molecular weight is 171 g/mol. The first-order chi connectivity index (χ1) is 5.63. The van der Waals surface area contributed by atoms with Crippen molar-refractivity contribution in [2.45, 2.75) is 44.6 Å². The molecule has 0 aromatic rings. The van der Waals surface area contributed by atoms with Crippen LogP contribution in [0.2, 0.25) is 0 Å². The van der Waals surface area contributed by atoms with E-state index in [2.05, 4.69) is 5.32 Å². The Morgan fingerprint density at radius 2 is 2.00 bits per heavy atom. The molecule has 1 atom stereocenters. The van der Waals surface area contributed by atoms with Crippen LogP contribution in [0.1, 0.15) is 39.0 Å². The fraction of sp³-hybridized carbons (Fsp3) is 0.889. The molecule has 1 rings (SSSR count). The van der Waals surface area contributed by atoms with Crippen molar-refractivity contribution >= 4 is 5.91 Å². The standard InChI is InChI=1S/C9H17NO2/c1-9(12)6-4-2-3-5-7-10-8(9)11/h12H,2-7H2,1H3,(H,10,11). The van der Waals surface area contributed by atoms with Gasteiger partial charge in [-0.3, -0.25) is 4.79 Å². The molecule has 0 aromatic heterocycles. The molecule has 1 fully saturated rings. The van der Waals surface area contributed by atoms with Gasteiger partial charge in [0.05, 0.1) is 0 Å². The van der Waals surface area contributed by atoms with Crippen molar-refractivity contribution in [1.82, 2.24) is 5.32 Å². The van der Waals surface area contributed by atoms with Crippen LogP contribution in [0.25, 0.3) is 0 Å². The van der Waals surface area contributed by atoms with E-state index >= 15 is 0 Å². The fourth-order valence-electron chi connectivity index (χ4n) is 1.45. The highest BCUT2D eigenvalue weighted by Crippen LogP contribution is 2.16. The van der Waals surface area contributed by atoms with Crippen LogP contribution in [0.3, 0.4) is 0 Å². The molecule has 1 aliphatic heterocycles. The van der Waals surface area contributed by atoms with Crippen molar-refractivity contribution in [3.63, 3.8) is 0 Å². The topological polar surface area (TPSA) is 49.3 Å². The molecule has 0 aromatic carbocycles. The summed E-state index contributed by atoms with van der Waals surface area (Å²) in [6.07, 6.45) is 4.82. The predicted molar refractivity (Wildman–Crippen MR) is 46.7 cm³/mol. The van der Waals surface area contributed by atoms with Crippen LogP contribution < -0.4 is 5.32 Å². The lowest BCUT2D eigenvalue weighted by atomic mass is 9.98. The van der Waals surface area contributed by atoms with Gasteiger partial charge in [0.15, 0.2) is 0 Å². The number of hydrogen-bond acceptors (Lipinski definition) is 2. The summed E-state index contributed by atoms with van der Waals surface area (Å²) in [5, 5.41) is 12.4. The summed E-state index contributed by atoms with van der Waals surface area (Å²) in [4.78, 5) is 11.3. The van der Waals surface area contributed by atoms with Crippen LogP contribution in [0.15, 0.2) is 0 Å². The second kappa shape index (κ2) is 3.90. The van der Waals surface area contributed by atoms with Gasteiger partial charge in [-0.1, -0.05) is 19.3 Å². The minimum atomic E-state index is -1.15. The van der Waals surface area contributed by atoms with Gasteiger partial charge in [0.1, 0.15) is 5.60 Å². The molecule has 3 heteroatoms. The Hall–Kier alpha value is -0.570. The third-order valence-electron chi connectivity index (χ3n) is 2.37. The molecule has 1 heterocycles. The molecule has 1 saturated heterocycles. The summed E-state index contributed by atoms with van der Waals surface area (Å²) in [5.74, 6) is -0.218. The minimum Gasteiger partial charge on any atom is -0.380 e. The zero-order valence-electron chi connectivity index (χ0n) is 7.60. The number of nitrogens with one attached hydrogen (secondary N) is 1. The van der Waals surface area contributed by atoms with E-state index in [1.54, 1.807) is 6.92 Å². The summed E-state index contributed by atoms with van der Waals surface area (Å²) < 4.78 is 0. The van der Waals surface area contributed by atoms with Gasteiger partial charge >= 0.3 is 0 Å². The molecule has 0 bridgehead atoms. The average Bonchev–Trinajstić information content (AvgIpc) is 2.06. The molecule has 1 aliphatic rings. The van der Waals surface area contributed by atoms with E-state index in [4.69, 9.17) is 0 Å². The Labute approximate surface area is 73.2 Å². The second-order valence-corrected chi connectivity index (χ2v) is 3.69. The third-order valence-corrected chi connectivity index (χ3v) is 2.37. The van der Waals surface area contributed by atoms with Gasteiger partial charge in [-0.25, -0.2) is 0 Å². The normalized spacial score (nSPS) is 33.0. The SMILES string of the molecule is CC1(O)CCCCCCNC1=O. The molecule has 2 N–H and O–H groups in total. The molecular formula is C9H17NO2. The number of aliphatic hydroxyl groups is 1. The van der Waals surface area contributed by atoms with Gasteiger partial charge < -0.3 is 10.4 Å². The van der Waals surface area contributed by atoms with Crippen LogP contribution >= 0.6 is 0 Å². The number of hydrogen-bond donors (Lipinski definition) is 2. The summed E-state index contributed by atoms with van der Waals surface area (Å²) >= 11 is 0. The van der Waals surface area contributed by atoms with Gasteiger partial charge in [-0.05, 0) is 19.8 Å². The largest absolute Gasteiger partial charge is 0.380 e. The van der Waals surface area contributed by atoms with Crippen molar-refractivity contribution < 1.29 is 9.90 Å². The Kier molecular flexibility index (Phi) is 3.09. The van der Waals surface area contributed by atoms with Crippen molar-refractivity contribution in [2.75, 3.05) is 6.54 Å². The first kappa shape index (κ1) is 9.52. The molecule has 1 unspecified atom stereocenters. The van der Waals surface area contributed by atoms with Crippen LogP contribution in [-0.4, -0.2) is 23.2 Å². The van der Waals surface area contributed by atoms with Crippen LogP contribution in [-0.2, 0) is 4.79 Å². The quantitative estimate of drug-likeness (QED) is 0.567. The lowest BCUT2D eigenvalue weighted by molar-refractivity contribution is -0.138. The van der Waals surface area contributed by atoms with Crippen LogP contribution in [0, 0.1) is 0 Å². The van der Waals surface area contributed by atoms with Crippen molar-refractivity contribution in [1.29, 1.82) is 0 Å². The molecule has 3 nitrogen and oxygen atoms in total. The van der Waals surface area contributed by atoms with Crippen molar-refractivity contribution in [3.8, 4) is 0 Å². The van der Waals surface area contributed by atoms with Gasteiger partial charge in [0.25, 0.3) is 5.91 Å². The maximum Gasteiger partial charge on any atom is 0.251 e. The molecule has 12 heavy (non-hydrogen) atoms. The van der Waals surface area contributed by atoms with Crippen molar-refractivity contribution in [2.24, 2.45) is 0 Å². The highest BCUT2D eigenvalue weighted by Gasteiger charge is 2.29. The summed E-state index contributed by atoms with van der Waals surface area (Å²) in [5.41, 5.74) is -1.15. The van der Waals surface area contributed by atoms with E-state index in [0.29, 0.717) is 13.0 Å². The third kappa shape index (κ3) is 2.48. The highest BCUT2D eigenvalue weighted by molar-refractivity contribution is 5.84. The van der Waals surface area contributed by atoms with Crippen LogP contribution in [0.4, 0.5) is 0 Å². The summed E-state index contributed by atoms with van der Waals surface area (Å²) in [7, 11) is 0. The van der Waals surface area contributed by atoms with E-state index in [0.717, 1.165) is 25.7 Å². The lowest BCUT2D eigenvalue weighted by Crippen LogP contribution is -2.44. The molecule has 0 aliphatic carbocycles. The molecule has 0 saturated carbocycles.